The first kappa shape index (κ1) is 13.6. The van der Waals surface area contributed by atoms with Crippen LogP contribution in [-0.4, -0.2) is 31.0 Å². The maximum atomic E-state index is 11.6. The molecular weight excluding hydrogens is 214 g/mol. The van der Waals surface area contributed by atoms with Crippen LogP contribution in [0.4, 0.5) is 0 Å². The van der Waals surface area contributed by atoms with Gasteiger partial charge in [-0.3, -0.25) is 4.79 Å². The molecule has 0 saturated heterocycles. The molecule has 1 amide bonds. The van der Waals surface area contributed by atoms with Gasteiger partial charge in [-0.25, -0.2) is 0 Å². The fraction of sp³-hybridized carbons (Fsp3) is 0.500. The molecule has 0 aliphatic carbocycles. The summed E-state index contributed by atoms with van der Waals surface area (Å²) in [5, 5.41) is 0. The average molecular weight is 235 g/mol. The number of carbonyl (C=O) groups excluding carboxylic acids is 1. The lowest BCUT2D eigenvalue weighted by Gasteiger charge is -2.19. The van der Waals surface area contributed by atoms with Crippen molar-refractivity contribution in [3.05, 3.63) is 29.8 Å². The van der Waals surface area contributed by atoms with E-state index in [-0.39, 0.29) is 11.8 Å². The lowest BCUT2D eigenvalue weighted by atomic mass is 10.2. The van der Waals surface area contributed by atoms with E-state index >= 15 is 0 Å². The molecule has 0 heterocycles. The zero-order valence-corrected chi connectivity index (χ0v) is 11.1. The molecule has 1 aromatic rings. The van der Waals surface area contributed by atoms with E-state index < -0.39 is 0 Å². The smallest absolute Gasteiger partial charge is 0.224 e. The van der Waals surface area contributed by atoms with Gasteiger partial charge in [-0.05, 0) is 24.6 Å². The maximum Gasteiger partial charge on any atom is 0.224 e. The third kappa shape index (κ3) is 4.47. The first-order valence-corrected chi connectivity index (χ1v) is 5.95. The topological polar surface area (TPSA) is 29.5 Å². The van der Waals surface area contributed by atoms with Gasteiger partial charge < -0.3 is 9.64 Å². The molecule has 1 aromatic carbocycles. The molecule has 0 unspecified atom stereocenters. The zero-order valence-electron chi connectivity index (χ0n) is 11.1. The highest BCUT2D eigenvalue weighted by atomic mass is 16.5. The zero-order chi connectivity index (χ0) is 12.8. The highest BCUT2D eigenvalue weighted by molar-refractivity contribution is 5.77. The fourth-order valence-electron chi connectivity index (χ4n) is 1.56. The summed E-state index contributed by atoms with van der Waals surface area (Å²) in [6.45, 7) is 6.98. The Morgan fingerprint density at radius 1 is 1.41 bits per heavy atom. The summed E-state index contributed by atoms with van der Waals surface area (Å²) in [5.74, 6) is 1.05. The molecule has 1 rings (SSSR count). The second-order valence-electron chi connectivity index (χ2n) is 4.58. The van der Waals surface area contributed by atoms with Crippen molar-refractivity contribution in [2.45, 2.75) is 20.8 Å². The van der Waals surface area contributed by atoms with E-state index in [4.69, 9.17) is 4.74 Å². The quantitative estimate of drug-likeness (QED) is 0.784. The number of likely N-dealkylation sites (N-methyl/N-ethyl adjacent to an activating group) is 1. The van der Waals surface area contributed by atoms with E-state index in [9.17, 15) is 4.79 Å². The Labute approximate surface area is 103 Å². The van der Waals surface area contributed by atoms with Gasteiger partial charge in [0.15, 0.2) is 0 Å². The summed E-state index contributed by atoms with van der Waals surface area (Å²) in [6.07, 6.45) is 0. The van der Waals surface area contributed by atoms with Crippen LogP contribution in [0.2, 0.25) is 0 Å². The van der Waals surface area contributed by atoms with E-state index in [1.54, 1.807) is 4.90 Å². The molecule has 0 radical (unpaired) electrons. The van der Waals surface area contributed by atoms with Gasteiger partial charge in [-0.15, -0.1) is 0 Å². The molecule has 17 heavy (non-hydrogen) atoms. The predicted octanol–water partition coefficient (Wildman–Crippen LogP) is 2.49. The van der Waals surface area contributed by atoms with Gasteiger partial charge in [0.05, 0.1) is 6.54 Å². The molecule has 0 aliphatic rings. The van der Waals surface area contributed by atoms with Crippen molar-refractivity contribution in [1.29, 1.82) is 0 Å². The van der Waals surface area contributed by atoms with Crippen molar-refractivity contribution < 1.29 is 9.53 Å². The molecule has 0 fully saturated rings. The Bertz CT molecular complexity index is 374. The minimum absolute atomic E-state index is 0.0407. The van der Waals surface area contributed by atoms with E-state index in [0.717, 1.165) is 5.75 Å². The normalized spacial score (nSPS) is 10.4. The molecule has 0 aliphatic heterocycles. The van der Waals surface area contributed by atoms with E-state index in [0.29, 0.717) is 13.2 Å². The Hall–Kier alpha value is -1.51. The maximum absolute atomic E-state index is 11.6. The minimum atomic E-state index is 0.0407. The van der Waals surface area contributed by atoms with Crippen molar-refractivity contribution in [2.75, 3.05) is 20.2 Å². The fourth-order valence-corrected chi connectivity index (χ4v) is 1.56. The number of amides is 1. The molecule has 0 bridgehead atoms. The number of benzene rings is 1. The lowest BCUT2D eigenvalue weighted by Crippen LogP contribution is -2.33. The number of rotatable bonds is 5. The molecule has 0 atom stereocenters. The molecular formula is C14H21NO2. The number of hydrogen-bond donors (Lipinski definition) is 0. The van der Waals surface area contributed by atoms with Crippen molar-refractivity contribution in [2.24, 2.45) is 5.92 Å². The molecule has 3 nitrogen and oxygen atoms in total. The Balaban J connectivity index is 2.35. The second kappa shape index (κ2) is 6.28. The summed E-state index contributed by atoms with van der Waals surface area (Å²) in [5.41, 5.74) is 1.18. The summed E-state index contributed by atoms with van der Waals surface area (Å²) in [6, 6.07) is 7.91. The third-order valence-electron chi connectivity index (χ3n) is 2.56. The monoisotopic (exact) mass is 235 g/mol. The van der Waals surface area contributed by atoms with Crippen LogP contribution in [0.5, 0.6) is 5.75 Å². The van der Waals surface area contributed by atoms with Gasteiger partial charge in [-0.2, -0.15) is 0 Å². The van der Waals surface area contributed by atoms with E-state index in [1.165, 1.54) is 5.56 Å². The van der Waals surface area contributed by atoms with Crippen LogP contribution in [0, 0.1) is 12.8 Å². The first-order valence-electron chi connectivity index (χ1n) is 5.95. The number of hydrogen-bond acceptors (Lipinski definition) is 2. The van der Waals surface area contributed by atoms with Gasteiger partial charge in [0.2, 0.25) is 5.91 Å². The van der Waals surface area contributed by atoms with Crippen LogP contribution in [-0.2, 0) is 4.79 Å². The predicted molar refractivity (Wildman–Crippen MR) is 69.1 cm³/mol. The highest BCUT2D eigenvalue weighted by Crippen LogP contribution is 2.12. The van der Waals surface area contributed by atoms with Crippen molar-refractivity contribution in [1.82, 2.24) is 4.90 Å². The largest absolute Gasteiger partial charge is 0.492 e. The molecule has 94 valence electrons. The highest BCUT2D eigenvalue weighted by Gasteiger charge is 2.12. The van der Waals surface area contributed by atoms with Crippen LogP contribution < -0.4 is 4.74 Å². The van der Waals surface area contributed by atoms with Crippen LogP contribution in [0.1, 0.15) is 19.4 Å². The van der Waals surface area contributed by atoms with Crippen molar-refractivity contribution in [3.8, 4) is 5.75 Å². The standard InChI is InChI=1S/C14H21NO2/c1-11(2)14(16)15(4)8-9-17-13-7-5-6-12(3)10-13/h5-7,10-11H,8-9H2,1-4H3. The SMILES string of the molecule is Cc1cccc(OCCN(C)C(=O)C(C)C)c1. The van der Waals surface area contributed by atoms with E-state index in [2.05, 4.69) is 0 Å². The molecule has 0 N–H and O–H groups in total. The summed E-state index contributed by atoms with van der Waals surface area (Å²) in [4.78, 5) is 13.3. The van der Waals surface area contributed by atoms with Gasteiger partial charge in [0.1, 0.15) is 12.4 Å². The third-order valence-corrected chi connectivity index (χ3v) is 2.56. The van der Waals surface area contributed by atoms with Gasteiger partial charge in [0.25, 0.3) is 0 Å². The number of carbonyl (C=O) groups is 1. The van der Waals surface area contributed by atoms with Gasteiger partial charge in [0, 0.05) is 13.0 Å². The molecule has 0 spiro atoms. The minimum Gasteiger partial charge on any atom is -0.492 e. The second-order valence-corrected chi connectivity index (χ2v) is 4.58. The Kier molecular flexibility index (Phi) is 5.01. The average Bonchev–Trinajstić information content (AvgIpc) is 2.27. The van der Waals surface area contributed by atoms with Crippen LogP contribution in [0.3, 0.4) is 0 Å². The number of nitrogens with zero attached hydrogens (tertiary/aromatic N) is 1. The lowest BCUT2D eigenvalue weighted by molar-refractivity contribution is -0.133. The van der Waals surface area contributed by atoms with Crippen LogP contribution in [0.25, 0.3) is 0 Å². The number of aryl methyl sites for hydroxylation is 1. The summed E-state index contributed by atoms with van der Waals surface area (Å²) in [7, 11) is 1.81. The van der Waals surface area contributed by atoms with Gasteiger partial charge >= 0.3 is 0 Å². The Morgan fingerprint density at radius 2 is 2.12 bits per heavy atom. The Morgan fingerprint density at radius 3 is 2.71 bits per heavy atom. The summed E-state index contributed by atoms with van der Waals surface area (Å²) < 4.78 is 5.59. The number of ether oxygens (including phenoxy) is 1. The first-order chi connectivity index (χ1) is 8.00. The van der Waals surface area contributed by atoms with Crippen LogP contribution >= 0.6 is 0 Å². The van der Waals surface area contributed by atoms with Crippen molar-refractivity contribution >= 4 is 5.91 Å². The van der Waals surface area contributed by atoms with Gasteiger partial charge in [-0.1, -0.05) is 26.0 Å². The van der Waals surface area contributed by atoms with Crippen LogP contribution in [0.15, 0.2) is 24.3 Å². The molecule has 0 aromatic heterocycles. The van der Waals surface area contributed by atoms with Crippen molar-refractivity contribution in [3.63, 3.8) is 0 Å². The molecule has 0 saturated carbocycles. The summed E-state index contributed by atoms with van der Waals surface area (Å²) >= 11 is 0. The molecule has 3 heteroatoms. The van der Waals surface area contributed by atoms with E-state index in [1.807, 2.05) is 52.1 Å².